The Hall–Kier alpha value is -3.20. The van der Waals surface area contributed by atoms with Gasteiger partial charge in [0.15, 0.2) is 0 Å². The van der Waals surface area contributed by atoms with Crippen molar-refractivity contribution in [3.63, 3.8) is 0 Å². The minimum atomic E-state index is -4.00. The molecule has 0 radical (unpaired) electrons. The van der Waals surface area contributed by atoms with Gasteiger partial charge in [-0.25, -0.2) is 12.7 Å². The number of fused-ring (bicyclic) bond motifs is 1. The maximum atomic E-state index is 13.3. The van der Waals surface area contributed by atoms with Crippen LogP contribution >= 0.6 is 0 Å². The SMILES string of the molecule is Cc1ccccc1CN(C(=O)CCN1C(=O)c2ccccc2S1(=O)=O)[C@H](C)C(=O)NCC(C)C. The van der Waals surface area contributed by atoms with Gasteiger partial charge in [0.25, 0.3) is 15.9 Å². The Kier molecular flexibility index (Phi) is 7.76. The molecule has 9 heteroatoms. The van der Waals surface area contributed by atoms with Gasteiger partial charge < -0.3 is 10.2 Å². The van der Waals surface area contributed by atoms with Crippen molar-refractivity contribution in [1.29, 1.82) is 0 Å². The fourth-order valence-electron chi connectivity index (χ4n) is 3.80. The first kappa shape index (κ1) is 25.4. The molecule has 3 amide bonds. The second-order valence-electron chi connectivity index (χ2n) is 8.89. The molecule has 0 aromatic heterocycles. The monoisotopic (exact) mass is 485 g/mol. The highest BCUT2D eigenvalue weighted by atomic mass is 32.2. The lowest BCUT2D eigenvalue weighted by Crippen LogP contribution is -2.49. The van der Waals surface area contributed by atoms with Gasteiger partial charge in [-0.05, 0) is 43.0 Å². The Labute approximate surface area is 201 Å². The van der Waals surface area contributed by atoms with Crippen LogP contribution in [0.25, 0.3) is 0 Å². The average molecular weight is 486 g/mol. The topological polar surface area (TPSA) is 104 Å². The number of nitrogens with zero attached hydrogens (tertiary/aromatic N) is 2. The molecule has 0 saturated carbocycles. The van der Waals surface area contributed by atoms with E-state index in [4.69, 9.17) is 0 Å². The number of hydrogen-bond donors (Lipinski definition) is 1. The average Bonchev–Trinajstić information content (AvgIpc) is 3.00. The van der Waals surface area contributed by atoms with E-state index in [0.29, 0.717) is 6.54 Å². The number of aryl methyl sites for hydroxylation is 1. The van der Waals surface area contributed by atoms with Crippen molar-refractivity contribution in [2.24, 2.45) is 5.92 Å². The van der Waals surface area contributed by atoms with E-state index in [1.165, 1.54) is 17.0 Å². The van der Waals surface area contributed by atoms with E-state index in [1.54, 1.807) is 19.1 Å². The number of amides is 3. The third-order valence-corrected chi connectivity index (χ3v) is 7.74. The van der Waals surface area contributed by atoms with Crippen molar-refractivity contribution >= 4 is 27.7 Å². The van der Waals surface area contributed by atoms with Gasteiger partial charge in [0.1, 0.15) is 10.9 Å². The zero-order valence-electron chi connectivity index (χ0n) is 19.9. The molecule has 3 rings (SSSR count). The van der Waals surface area contributed by atoms with Crippen LogP contribution in [-0.2, 0) is 26.2 Å². The maximum Gasteiger partial charge on any atom is 0.269 e. The summed E-state index contributed by atoms with van der Waals surface area (Å²) >= 11 is 0. The molecule has 0 unspecified atom stereocenters. The van der Waals surface area contributed by atoms with E-state index < -0.39 is 27.9 Å². The summed E-state index contributed by atoms with van der Waals surface area (Å²) in [7, 11) is -4.00. The maximum absolute atomic E-state index is 13.3. The van der Waals surface area contributed by atoms with Crippen molar-refractivity contribution in [1.82, 2.24) is 14.5 Å². The lowest BCUT2D eigenvalue weighted by molar-refractivity contribution is -0.140. The van der Waals surface area contributed by atoms with Crippen LogP contribution in [0.4, 0.5) is 0 Å². The summed E-state index contributed by atoms with van der Waals surface area (Å²) in [6.45, 7) is 7.92. The van der Waals surface area contributed by atoms with E-state index in [2.05, 4.69) is 5.32 Å². The molecule has 182 valence electrons. The van der Waals surface area contributed by atoms with Gasteiger partial charge >= 0.3 is 0 Å². The van der Waals surface area contributed by atoms with Crippen molar-refractivity contribution in [3.05, 3.63) is 65.2 Å². The molecule has 1 aliphatic rings. The van der Waals surface area contributed by atoms with Crippen molar-refractivity contribution in [3.8, 4) is 0 Å². The zero-order valence-corrected chi connectivity index (χ0v) is 20.8. The van der Waals surface area contributed by atoms with Gasteiger partial charge in [-0.1, -0.05) is 50.2 Å². The summed E-state index contributed by atoms with van der Waals surface area (Å²) in [5.41, 5.74) is 1.97. The Morgan fingerprint density at radius 1 is 1.03 bits per heavy atom. The number of rotatable bonds is 9. The summed E-state index contributed by atoms with van der Waals surface area (Å²) in [5.74, 6) is -1.08. The van der Waals surface area contributed by atoms with Gasteiger partial charge in [0.05, 0.1) is 5.56 Å². The van der Waals surface area contributed by atoms with E-state index in [1.807, 2.05) is 45.0 Å². The minimum absolute atomic E-state index is 0.0503. The molecule has 2 aromatic carbocycles. The number of carbonyl (C=O) groups excluding carboxylic acids is 3. The van der Waals surface area contributed by atoms with Gasteiger partial charge in [0.2, 0.25) is 11.8 Å². The minimum Gasteiger partial charge on any atom is -0.354 e. The second kappa shape index (κ2) is 10.4. The first-order chi connectivity index (χ1) is 16.0. The Morgan fingerprint density at radius 3 is 2.32 bits per heavy atom. The first-order valence-electron chi connectivity index (χ1n) is 11.3. The molecule has 0 fully saturated rings. The predicted molar refractivity (Wildman–Crippen MR) is 128 cm³/mol. The lowest BCUT2D eigenvalue weighted by atomic mass is 10.1. The molecule has 1 N–H and O–H groups in total. The quantitative estimate of drug-likeness (QED) is 0.588. The van der Waals surface area contributed by atoms with Crippen molar-refractivity contribution in [2.45, 2.75) is 51.6 Å². The number of sulfonamides is 1. The fraction of sp³-hybridized carbons (Fsp3) is 0.400. The molecule has 1 heterocycles. The van der Waals surface area contributed by atoms with Crippen LogP contribution < -0.4 is 5.32 Å². The highest BCUT2D eigenvalue weighted by molar-refractivity contribution is 7.90. The highest BCUT2D eigenvalue weighted by Gasteiger charge is 2.41. The first-order valence-corrected chi connectivity index (χ1v) is 12.8. The van der Waals surface area contributed by atoms with Gasteiger partial charge in [-0.2, -0.15) is 0 Å². The third kappa shape index (κ3) is 5.30. The molecule has 0 bridgehead atoms. The van der Waals surface area contributed by atoms with Crippen molar-refractivity contribution < 1.29 is 22.8 Å². The zero-order chi connectivity index (χ0) is 25.0. The summed E-state index contributed by atoms with van der Waals surface area (Å²) in [6.07, 6.45) is -0.230. The summed E-state index contributed by atoms with van der Waals surface area (Å²) in [6, 6.07) is 12.8. The molecule has 0 aliphatic carbocycles. The molecule has 34 heavy (non-hydrogen) atoms. The normalized spacial score (nSPS) is 15.2. The van der Waals surface area contributed by atoms with Gasteiger partial charge in [-0.15, -0.1) is 0 Å². The Morgan fingerprint density at radius 2 is 1.68 bits per heavy atom. The number of nitrogens with one attached hydrogen (secondary N) is 1. The highest BCUT2D eigenvalue weighted by Crippen LogP contribution is 2.30. The smallest absolute Gasteiger partial charge is 0.269 e. The van der Waals surface area contributed by atoms with Gasteiger partial charge in [0, 0.05) is 26.1 Å². The van der Waals surface area contributed by atoms with Crippen molar-refractivity contribution in [2.75, 3.05) is 13.1 Å². The molecule has 8 nitrogen and oxygen atoms in total. The van der Waals surface area contributed by atoms with Crippen LogP contribution in [0.3, 0.4) is 0 Å². The van der Waals surface area contributed by atoms with Crippen LogP contribution in [0.2, 0.25) is 0 Å². The number of benzene rings is 2. The summed E-state index contributed by atoms with van der Waals surface area (Å²) in [4.78, 5) is 40.1. The molecule has 0 spiro atoms. The van der Waals surface area contributed by atoms with Crippen LogP contribution in [0.5, 0.6) is 0 Å². The Balaban J connectivity index is 1.79. The molecule has 1 atom stereocenters. The molecule has 2 aromatic rings. The van der Waals surface area contributed by atoms with Crippen LogP contribution in [-0.4, -0.2) is 54.5 Å². The third-order valence-electron chi connectivity index (χ3n) is 5.89. The van der Waals surface area contributed by atoms with Crippen LogP contribution in [0.1, 0.15) is 48.7 Å². The van der Waals surface area contributed by atoms with Gasteiger partial charge in [-0.3, -0.25) is 14.4 Å². The number of hydrogen-bond acceptors (Lipinski definition) is 5. The molecular weight excluding hydrogens is 454 g/mol. The predicted octanol–water partition coefficient (Wildman–Crippen LogP) is 2.72. The largest absolute Gasteiger partial charge is 0.354 e. The molecule has 1 aliphatic heterocycles. The fourth-order valence-corrected chi connectivity index (χ4v) is 5.37. The standard InChI is InChI=1S/C25H31N3O5S/c1-17(2)15-26-24(30)19(4)27(16-20-10-6-5-9-18(20)3)23(29)13-14-28-25(31)21-11-7-8-12-22(21)34(28,32)33/h5-12,17,19H,13-16H2,1-4H3,(H,26,30)/t19-/m1/s1. The lowest BCUT2D eigenvalue weighted by Gasteiger charge is -2.30. The Bertz CT molecular complexity index is 1190. The summed E-state index contributed by atoms with van der Waals surface area (Å²) in [5, 5.41) is 2.85. The number of carbonyl (C=O) groups is 3. The molecular formula is C25H31N3O5S. The van der Waals surface area contributed by atoms with E-state index in [9.17, 15) is 22.8 Å². The summed E-state index contributed by atoms with van der Waals surface area (Å²) < 4.78 is 26.4. The van der Waals surface area contributed by atoms with Crippen LogP contribution in [0.15, 0.2) is 53.4 Å². The molecule has 0 saturated heterocycles. The second-order valence-corrected chi connectivity index (χ2v) is 10.7. The van der Waals surface area contributed by atoms with E-state index >= 15 is 0 Å². The van der Waals surface area contributed by atoms with Crippen LogP contribution in [0, 0.1) is 12.8 Å². The van der Waals surface area contributed by atoms with E-state index in [0.717, 1.165) is 15.4 Å². The van der Waals surface area contributed by atoms with E-state index in [-0.39, 0.29) is 41.8 Å².